The molecule has 0 aliphatic heterocycles. The molecule has 0 aliphatic rings. The van der Waals surface area contributed by atoms with E-state index in [0.717, 1.165) is 12.0 Å². The van der Waals surface area contributed by atoms with Gasteiger partial charge in [-0.15, -0.1) is 0 Å². The number of hydrogen-bond acceptors (Lipinski definition) is 3. The minimum atomic E-state index is -0.224. The van der Waals surface area contributed by atoms with Gasteiger partial charge < -0.3 is 9.73 Å². The van der Waals surface area contributed by atoms with Crippen molar-refractivity contribution in [2.75, 3.05) is 6.54 Å². The van der Waals surface area contributed by atoms with Gasteiger partial charge in [-0.1, -0.05) is 0 Å². The van der Waals surface area contributed by atoms with E-state index in [0.29, 0.717) is 12.1 Å². The summed E-state index contributed by atoms with van der Waals surface area (Å²) < 4.78 is 4.85. The molecule has 0 fully saturated rings. The molecule has 0 atom stereocenters. The van der Waals surface area contributed by atoms with Gasteiger partial charge in [-0.3, -0.25) is 9.78 Å². The summed E-state index contributed by atoms with van der Waals surface area (Å²) in [6.45, 7) is 0.546. The number of amides is 1. The topological polar surface area (TPSA) is 55.1 Å². The Morgan fingerprint density at radius 1 is 1.35 bits per heavy atom. The molecule has 0 aliphatic carbocycles. The largest absolute Gasteiger partial charge is 0.452 e. The number of rotatable bonds is 4. The summed E-state index contributed by atoms with van der Waals surface area (Å²) in [7, 11) is 0. The predicted molar refractivity (Wildman–Crippen MR) is 64.0 cm³/mol. The van der Waals surface area contributed by atoms with Crippen LogP contribution in [0, 0.1) is 0 Å². The summed E-state index contributed by atoms with van der Waals surface area (Å²) in [6.07, 6.45) is 5.60. The van der Waals surface area contributed by atoms with Crippen LogP contribution in [-0.2, 0) is 6.42 Å². The fourth-order valence-electron chi connectivity index (χ4n) is 1.42. The molecule has 2 aromatic heterocycles. The summed E-state index contributed by atoms with van der Waals surface area (Å²) in [5, 5.41) is 2.89. The number of furan rings is 1. The lowest BCUT2D eigenvalue weighted by molar-refractivity contribution is 0.0953. The first kappa shape index (κ1) is 11.7. The Kier molecular flexibility index (Phi) is 3.77. The third kappa shape index (κ3) is 3.07. The van der Waals surface area contributed by atoms with E-state index in [9.17, 15) is 4.79 Å². The van der Waals surface area contributed by atoms with Gasteiger partial charge in [-0.25, -0.2) is 0 Å². The Bertz CT molecular complexity index is 496. The van der Waals surface area contributed by atoms with Crippen LogP contribution in [0.1, 0.15) is 15.9 Å². The van der Waals surface area contributed by atoms with E-state index in [1.54, 1.807) is 18.5 Å². The normalized spacial score (nSPS) is 10.2. The van der Waals surface area contributed by atoms with Crippen molar-refractivity contribution in [2.24, 2.45) is 0 Å². The van der Waals surface area contributed by atoms with Crippen LogP contribution in [0.4, 0.5) is 0 Å². The van der Waals surface area contributed by atoms with Crippen LogP contribution in [0.25, 0.3) is 0 Å². The van der Waals surface area contributed by atoms with Crippen molar-refractivity contribution in [3.05, 3.63) is 53.2 Å². The number of carbonyl (C=O) groups is 1. The first-order valence-corrected chi connectivity index (χ1v) is 5.55. The van der Waals surface area contributed by atoms with Gasteiger partial charge in [0.1, 0.15) is 0 Å². The predicted octanol–water partition coefficient (Wildman–Crippen LogP) is 2.30. The Morgan fingerprint density at radius 3 is 2.76 bits per heavy atom. The smallest absolute Gasteiger partial charge is 0.256 e. The highest BCUT2D eigenvalue weighted by molar-refractivity contribution is 6.32. The molecule has 1 amide bonds. The van der Waals surface area contributed by atoms with E-state index >= 15 is 0 Å². The molecule has 0 saturated heterocycles. The van der Waals surface area contributed by atoms with Crippen LogP contribution < -0.4 is 5.32 Å². The molecule has 5 heteroatoms. The zero-order chi connectivity index (χ0) is 12.1. The second kappa shape index (κ2) is 5.50. The molecule has 2 heterocycles. The summed E-state index contributed by atoms with van der Waals surface area (Å²) in [5.41, 5.74) is 1.49. The number of halogens is 1. The van der Waals surface area contributed by atoms with Crippen LogP contribution in [0.3, 0.4) is 0 Å². The van der Waals surface area contributed by atoms with E-state index in [-0.39, 0.29) is 11.1 Å². The molecule has 0 unspecified atom stereocenters. The van der Waals surface area contributed by atoms with Crippen molar-refractivity contribution < 1.29 is 9.21 Å². The summed E-state index contributed by atoms with van der Waals surface area (Å²) in [4.78, 5) is 15.6. The molecule has 0 aromatic carbocycles. The summed E-state index contributed by atoms with van der Waals surface area (Å²) in [6, 6.07) is 5.37. The maximum Gasteiger partial charge on any atom is 0.256 e. The van der Waals surface area contributed by atoms with Gasteiger partial charge in [0.2, 0.25) is 5.22 Å². The Labute approximate surface area is 104 Å². The number of pyridine rings is 1. The lowest BCUT2D eigenvalue weighted by Gasteiger charge is -2.03. The molecule has 0 bridgehead atoms. The van der Waals surface area contributed by atoms with E-state index in [1.807, 2.05) is 12.1 Å². The van der Waals surface area contributed by atoms with Crippen molar-refractivity contribution in [1.82, 2.24) is 10.3 Å². The third-order valence-electron chi connectivity index (χ3n) is 2.31. The second-order valence-corrected chi connectivity index (χ2v) is 3.81. The van der Waals surface area contributed by atoms with Gasteiger partial charge in [0.05, 0.1) is 11.8 Å². The molecular formula is C12H11ClN2O2. The second-order valence-electron chi connectivity index (χ2n) is 3.47. The van der Waals surface area contributed by atoms with E-state index in [2.05, 4.69) is 10.3 Å². The molecule has 0 spiro atoms. The summed E-state index contributed by atoms with van der Waals surface area (Å²) >= 11 is 5.69. The molecule has 2 aromatic rings. The SMILES string of the molecule is O=C(NCCc1ccncc1)c1ccoc1Cl. The van der Waals surface area contributed by atoms with Gasteiger partial charge in [0, 0.05) is 18.9 Å². The monoisotopic (exact) mass is 250 g/mol. The van der Waals surface area contributed by atoms with Gasteiger partial charge in [0.25, 0.3) is 5.91 Å². The molecule has 17 heavy (non-hydrogen) atoms. The molecule has 2 rings (SSSR count). The Balaban J connectivity index is 1.84. The first-order chi connectivity index (χ1) is 8.27. The van der Waals surface area contributed by atoms with E-state index < -0.39 is 0 Å². The van der Waals surface area contributed by atoms with Crippen molar-refractivity contribution in [3.63, 3.8) is 0 Å². The number of nitrogens with one attached hydrogen (secondary N) is 1. The van der Waals surface area contributed by atoms with Crippen molar-refractivity contribution in [1.29, 1.82) is 0 Å². The molecule has 0 saturated carbocycles. The molecule has 1 N–H and O–H groups in total. The van der Waals surface area contributed by atoms with E-state index in [1.165, 1.54) is 6.26 Å². The maximum absolute atomic E-state index is 11.6. The average Bonchev–Trinajstić information content (AvgIpc) is 2.77. The minimum absolute atomic E-state index is 0.117. The standard InChI is InChI=1S/C12H11ClN2O2/c13-11-10(4-8-17-11)12(16)15-7-3-9-1-5-14-6-2-9/h1-2,4-6,8H,3,7H2,(H,15,16). The first-order valence-electron chi connectivity index (χ1n) is 5.17. The average molecular weight is 251 g/mol. The van der Waals surface area contributed by atoms with Gasteiger partial charge >= 0.3 is 0 Å². The number of nitrogens with zero attached hydrogens (tertiary/aromatic N) is 1. The molecule has 88 valence electrons. The molecule has 0 radical (unpaired) electrons. The van der Waals surface area contributed by atoms with Crippen LogP contribution in [-0.4, -0.2) is 17.4 Å². The van der Waals surface area contributed by atoms with Crippen molar-refractivity contribution in [2.45, 2.75) is 6.42 Å². The lowest BCUT2D eigenvalue weighted by Crippen LogP contribution is -2.25. The van der Waals surface area contributed by atoms with Crippen molar-refractivity contribution in [3.8, 4) is 0 Å². The number of aromatic nitrogens is 1. The van der Waals surface area contributed by atoms with Gasteiger partial charge in [0.15, 0.2) is 0 Å². The van der Waals surface area contributed by atoms with Crippen LogP contribution >= 0.6 is 11.6 Å². The highest BCUT2D eigenvalue weighted by atomic mass is 35.5. The molecule has 4 nitrogen and oxygen atoms in total. The zero-order valence-electron chi connectivity index (χ0n) is 9.02. The lowest BCUT2D eigenvalue weighted by atomic mass is 10.2. The molecular weight excluding hydrogens is 240 g/mol. The van der Waals surface area contributed by atoms with Gasteiger partial charge in [-0.05, 0) is 41.8 Å². The highest BCUT2D eigenvalue weighted by Crippen LogP contribution is 2.15. The van der Waals surface area contributed by atoms with Crippen molar-refractivity contribution >= 4 is 17.5 Å². The minimum Gasteiger partial charge on any atom is -0.452 e. The van der Waals surface area contributed by atoms with Crippen LogP contribution in [0.15, 0.2) is 41.3 Å². The Morgan fingerprint density at radius 2 is 2.12 bits per heavy atom. The quantitative estimate of drug-likeness (QED) is 0.906. The van der Waals surface area contributed by atoms with Crippen LogP contribution in [0.5, 0.6) is 0 Å². The van der Waals surface area contributed by atoms with E-state index in [4.69, 9.17) is 16.0 Å². The zero-order valence-corrected chi connectivity index (χ0v) is 9.78. The highest BCUT2D eigenvalue weighted by Gasteiger charge is 2.11. The maximum atomic E-state index is 11.6. The Hall–Kier alpha value is -1.81. The van der Waals surface area contributed by atoms with Crippen LogP contribution in [0.2, 0.25) is 5.22 Å². The van der Waals surface area contributed by atoms with Gasteiger partial charge in [-0.2, -0.15) is 0 Å². The fourth-order valence-corrected chi connectivity index (χ4v) is 1.62. The third-order valence-corrected chi connectivity index (χ3v) is 2.60. The fraction of sp³-hybridized carbons (Fsp3) is 0.167. The number of hydrogen-bond donors (Lipinski definition) is 1. The number of carbonyl (C=O) groups excluding carboxylic acids is 1. The summed E-state index contributed by atoms with van der Waals surface area (Å²) in [5.74, 6) is -0.224.